The van der Waals surface area contributed by atoms with Crippen molar-refractivity contribution in [3.8, 4) is 0 Å². The zero-order valence-electron chi connectivity index (χ0n) is 5.30. The molecular weight excluding hydrogens is 220 g/mol. The summed E-state index contributed by atoms with van der Waals surface area (Å²) in [6, 6.07) is 2.47. The molecule has 0 saturated carbocycles. The summed E-state index contributed by atoms with van der Waals surface area (Å²) in [5.74, 6) is 0. The van der Waals surface area contributed by atoms with Gasteiger partial charge in [-0.15, -0.1) is 0 Å². The van der Waals surface area contributed by atoms with E-state index in [-0.39, 0.29) is 0 Å². The molecule has 0 amide bonds. The van der Waals surface area contributed by atoms with Crippen LogP contribution in [0.3, 0.4) is 0 Å². The van der Waals surface area contributed by atoms with E-state index in [9.17, 15) is 13.6 Å². The van der Waals surface area contributed by atoms with Crippen LogP contribution in [0.25, 0.3) is 0 Å². The molecule has 1 heterocycles. The van der Waals surface area contributed by atoms with Crippen molar-refractivity contribution in [1.82, 2.24) is 4.57 Å². The molecule has 0 N–H and O–H groups in total. The molecule has 0 unspecified atom stereocenters. The van der Waals surface area contributed by atoms with Crippen LogP contribution < -0.4 is 5.56 Å². The Morgan fingerprint density at radius 3 is 2.64 bits per heavy atom. The lowest BCUT2D eigenvalue weighted by atomic mass is 10.5. The summed E-state index contributed by atoms with van der Waals surface area (Å²) in [7, 11) is 0. The van der Waals surface area contributed by atoms with Gasteiger partial charge in [0.1, 0.15) is 0 Å². The van der Waals surface area contributed by atoms with Gasteiger partial charge in [-0.05, 0) is 6.07 Å². The Morgan fingerprint density at radius 2 is 2.18 bits per heavy atom. The zero-order valence-corrected chi connectivity index (χ0v) is 6.88. The summed E-state index contributed by atoms with van der Waals surface area (Å²) in [4.78, 5) is 10.7. The van der Waals surface area contributed by atoms with Crippen LogP contribution >= 0.6 is 15.9 Å². The standard InChI is InChI=1S/C6H4BrF2NO/c7-4-1-2-10(6(8)9)5(11)3-4/h1-3,6H. The Bertz CT molecular complexity index is 310. The number of nitrogens with zero attached hydrogens (tertiary/aromatic N) is 1. The molecule has 0 aromatic carbocycles. The second-order valence-corrected chi connectivity index (χ2v) is 2.78. The first-order valence-electron chi connectivity index (χ1n) is 2.77. The summed E-state index contributed by atoms with van der Waals surface area (Å²) in [6.45, 7) is -2.77. The van der Waals surface area contributed by atoms with Gasteiger partial charge in [-0.1, -0.05) is 15.9 Å². The number of rotatable bonds is 1. The highest BCUT2D eigenvalue weighted by Crippen LogP contribution is 2.09. The fourth-order valence-electron chi connectivity index (χ4n) is 0.627. The van der Waals surface area contributed by atoms with Crippen molar-refractivity contribution in [2.24, 2.45) is 0 Å². The summed E-state index contributed by atoms with van der Waals surface area (Å²) in [5, 5.41) is 0. The summed E-state index contributed by atoms with van der Waals surface area (Å²) in [6.07, 6.45) is 1.04. The predicted octanol–water partition coefficient (Wildman–Crippen LogP) is 2.01. The van der Waals surface area contributed by atoms with Gasteiger partial charge in [-0.2, -0.15) is 8.78 Å². The summed E-state index contributed by atoms with van der Waals surface area (Å²) >= 11 is 2.99. The number of pyridine rings is 1. The molecule has 2 nitrogen and oxygen atoms in total. The van der Waals surface area contributed by atoms with Crippen molar-refractivity contribution in [1.29, 1.82) is 0 Å². The molecule has 0 aliphatic heterocycles. The van der Waals surface area contributed by atoms with Gasteiger partial charge in [-0.25, -0.2) is 0 Å². The summed E-state index contributed by atoms with van der Waals surface area (Å²) in [5.41, 5.74) is -0.714. The van der Waals surface area contributed by atoms with Gasteiger partial charge in [0, 0.05) is 16.7 Å². The fourth-order valence-corrected chi connectivity index (χ4v) is 0.941. The molecule has 0 bridgehead atoms. The van der Waals surface area contributed by atoms with Crippen LogP contribution in [0.5, 0.6) is 0 Å². The molecule has 0 radical (unpaired) electrons. The average molecular weight is 224 g/mol. The van der Waals surface area contributed by atoms with E-state index >= 15 is 0 Å². The minimum absolute atomic E-state index is 0.352. The molecule has 0 spiro atoms. The van der Waals surface area contributed by atoms with E-state index in [0.717, 1.165) is 12.3 Å². The van der Waals surface area contributed by atoms with Crippen molar-refractivity contribution in [2.75, 3.05) is 0 Å². The Balaban J connectivity index is 3.21. The van der Waals surface area contributed by atoms with Crippen LogP contribution in [0.2, 0.25) is 0 Å². The van der Waals surface area contributed by atoms with Gasteiger partial charge in [0.05, 0.1) is 0 Å². The first-order chi connectivity index (χ1) is 5.11. The molecule has 1 aromatic heterocycles. The molecule has 0 atom stereocenters. The Kier molecular flexibility index (Phi) is 2.38. The molecule has 0 fully saturated rings. The second kappa shape index (κ2) is 3.13. The Hall–Kier alpha value is -0.710. The van der Waals surface area contributed by atoms with Crippen LogP contribution in [0.1, 0.15) is 6.55 Å². The second-order valence-electron chi connectivity index (χ2n) is 1.87. The molecular formula is C6H4BrF2NO. The normalized spacial score (nSPS) is 10.5. The number of halogens is 3. The smallest absolute Gasteiger partial charge is 0.269 e. The van der Waals surface area contributed by atoms with E-state index in [0.29, 0.717) is 9.04 Å². The van der Waals surface area contributed by atoms with Crippen molar-refractivity contribution in [3.63, 3.8) is 0 Å². The van der Waals surface area contributed by atoms with E-state index in [1.807, 2.05) is 0 Å². The fraction of sp³-hybridized carbons (Fsp3) is 0.167. The first-order valence-corrected chi connectivity index (χ1v) is 3.56. The largest absolute Gasteiger partial charge is 0.321 e. The van der Waals surface area contributed by atoms with Gasteiger partial charge in [-0.3, -0.25) is 9.36 Å². The minimum atomic E-state index is -2.77. The van der Waals surface area contributed by atoms with Gasteiger partial charge >= 0.3 is 6.55 Å². The number of alkyl halides is 2. The third kappa shape index (κ3) is 1.86. The molecule has 1 aromatic rings. The number of hydrogen-bond donors (Lipinski definition) is 0. The maximum Gasteiger partial charge on any atom is 0.321 e. The maximum atomic E-state index is 11.9. The third-order valence-corrected chi connectivity index (χ3v) is 1.61. The molecule has 5 heteroatoms. The number of aromatic nitrogens is 1. The molecule has 11 heavy (non-hydrogen) atoms. The maximum absolute atomic E-state index is 11.9. The van der Waals surface area contributed by atoms with E-state index in [2.05, 4.69) is 15.9 Å². The number of hydrogen-bond acceptors (Lipinski definition) is 1. The predicted molar refractivity (Wildman–Crippen MR) is 39.7 cm³/mol. The topological polar surface area (TPSA) is 22.0 Å². The van der Waals surface area contributed by atoms with E-state index in [1.54, 1.807) is 0 Å². The highest BCUT2D eigenvalue weighted by Gasteiger charge is 2.05. The highest BCUT2D eigenvalue weighted by atomic mass is 79.9. The van der Waals surface area contributed by atoms with Crippen LogP contribution in [-0.2, 0) is 0 Å². The van der Waals surface area contributed by atoms with E-state index < -0.39 is 12.1 Å². The highest BCUT2D eigenvalue weighted by molar-refractivity contribution is 9.10. The molecule has 0 aliphatic rings. The molecule has 60 valence electrons. The van der Waals surface area contributed by atoms with Crippen LogP contribution in [0, 0.1) is 0 Å². The van der Waals surface area contributed by atoms with E-state index in [1.165, 1.54) is 6.07 Å². The van der Waals surface area contributed by atoms with Crippen molar-refractivity contribution in [3.05, 3.63) is 33.2 Å². The minimum Gasteiger partial charge on any atom is -0.269 e. The Morgan fingerprint density at radius 1 is 1.55 bits per heavy atom. The van der Waals surface area contributed by atoms with Gasteiger partial charge in [0.2, 0.25) is 0 Å². The lowest BCUT2D eigenvalue weighted by Gasteiger charge is -2.01. The quantitative estimate of drug-likeness (QED) is 0.714. The van der Waals surface area contributed by atoms with Gasteiger partial charge in [0.15, 0.2) is 0 Å². The summed E-state index contributed by atoms with van der Waals surface area (Å²) < 4.78 is 24.7. The van der Waals surface area contributed by atoms with Gasteiger partial charge < -0.3 is 0 Å². The average Bonchev–Trinajstić information content (AvgIpc) is 1.85. The van der Waals surface area contributed by atoms with Crippen LogP contribution in [0.15, 0.2) is 27.6 Å². The molecule has 1 rings (SSSR count). The lowest BCUT2D eigenvalue weighted by molar-refractivity contribution is 0.0663. The first kappa shape index (κ1) is 8.39. The van der Waals surface area contributed by atoms with Crippen molar-refractivity contribution < 1.29 is 8.78 Å². The van der Waals surface area contributed by atoms with Crippen LogP contribution in [-0.4, -0.2) is 4.57 Å². The molecule has 0 aliphatic carbocycles. The van der Waals surface area contributed by atoms with Crippen molar-refractivity contribution >= 4 is 15.9 Å². The monoisotopic (exact) mass is 223 g/mol. The Labute approximate surface area is 69.6 Å². The zero-order chi connectivity index (χ0) is 8.43. The third-order valence-electron chi connectivity index (χ3n) is 1.12. The van der Waals surface area contributed by atoms with Gasteiger partial charge in [0.25, 0.3) is 5.56 Å². The lowest BCUT2D eigenvalue weighted by Crippen LogP contribution is -2.18. The van der Waals surface area contributed by atoms with Crippen LogP contribution in [0.4, 0.5) is 8.78 Å². The van der Waals surface area contributed by atoms with E-state index in [4.69, 9.17) is 0 Å². The SMILES string of the molecule is O=c1cc(Br)ccn1C(F)F. The molecule has 0 saturated heterocycles. The van der Waals surface area contributed by atoms with Crippen molar-refractivity contribution in [2.45, 2.75) is 6.55 Å².